The van der Waals surface area contributed by atoms with Crippen molar-refractivity contribution >= 4 is 5.91 Å². The van der Waals surface area contributed by atoms with E-state index in [1.165, 1.54) is 6.33 Å². The highest BCUT2D eigenvalue weighted by molar-refractivity contribution is 5.80. The maximum Gasteiger partial charge on any atom is 0.225 e. The summed E-state index contributed by atoms with van der Waals surface area (Å²) >= 11 is 0. The molecule has 1 amide bonds. The topological polar surface area (TPSA) is 85.8 Å². The molecule has 0 radical (unpaired) electrons. The van der Waals surface area contributed by atoms with Gasteiger partial charge in [0, 0.05) is 12.1 Å². The molecule has 0 saturated heterocycles. The quantitative estimate of drug-likeness (QED) is 0.806. The second-order valence-corrected chi connectivity index (χ2v) is 5.25. The largest absolute Gasteiger partial charge is 0.354 e. The molecule has 18 heavy (non-hydrogen) atoms. The maximum atomic E-state index is 12.1. The lowest BCUT2D eigenvalue weighted by molar-refractivity contribution is -0.128. The molecule has 100 valence electrons. The van der Waals surface area contributed by atoms with Crippen molar-refractivity contribution in [1.29, 1.82) is 0 Å². The first-order chi connectivity index (χ1) is 8.59. The van der Waals surface area contributed by atoms with Gasteiger partial charge in [0.1, 0.15) is 12.7 Å². The predicted molar refractivity (Wildman–Crippen MR) is 67.6 cm³/mol. The van der Waals surface area contributed by atoms with Crippen LogP contribution >= 0.6 is 0 Å². The molecule has 0 bridgehead atoms. The summed E-state index contributed by atoms with van der Waals surface area (Å²) in [6, 6.07) is 0. The van der Waals surface area contributed by atoms with Crippen LogP contribution in [0.5, 0.6) is 0 Å². The molecule has 2 unspecified atom stereocenters. The number of amides is 1. The zero-order chi connectivity index (χ0) is 13.0. The molecule has 6 nitrogen and oxygen atoms in total. The number of hydrogen-bond donors (Lipinski definition) is 2. The standard InChI is InChI=1S/C12H21N5O/c1-12(13)5-3-2-4-10(12)11(18)15-6-7-17-9-14-8-16-17/h8-10H,2-7,13H2,1H3,(H,15,18). The van der Waals surface area contributed by atoms with E-state index in [-0.39, 0.29) is 17.4 Å². The van der Waals surface area contributed by atoms with Crippen LogP contribution in [0.15, 0.2) is 12.7 Å². The van der Waals surface area contributed by atoms with Gasteiger partial charge in [-0.1, -0.05) is 12.8 Å². The Morgan fingerprint density at radius 3 is 3.11 bits per heavy atom. The summed E-state index contributed by atoms with van der Waals surface area (Å²) in [4.78, 5) is 16.0. The van der Waals surface area contributed by atoms with Crippen LogP contribution in [0, 0.1) is 5.92 Å². The molecule has 3 N–H and O–H groups in total. The van der Waals surface area contributed by atoms with Crippen molar-refractivity contribution in [3.63, 3.8) is 0 Å². The van der Waals surface area contributed by atoms with Gasteiger partial charge in [-0.25, -0.2) is 4.98 Å². The maximum absolute atomic E-state index is 12.1. The van der Waals surface area contributed by atoms with Gasteiger partial charge in [-0.15, -0.1) is 0 Å². The van der Waals surface area contributed by atoms with Crippen molar-refractivity contribution in [2.75, 3.05) is 6.54 Å². The number of hydrogen-bond acceptors (Lipinski definition) is 4. The Balaban J connectivity index is 1.80. The minimum atomic E-state index is -0.365. The van der Waals surface area contributed by atoms with Crippen LogP contribution in [0.2, 0.25) is 0 Å². The molecule has 0 aliphatic heterocycles. The van der Waals surface area contributed by atoms with Crippen LogP contribution in [0.3, 0.4) is 0 Å². The average molecular weight is 251 g/mol. The molecular weight excluding hydrogens is 230 g/mol. The van der Waals surface area contributed by atoms with Gasteiger partial charge in [-0.3, -0.25) is 9.48 Å². The van der Waals surface area contributed by atoms with Crippen LogP contribution in [-0.4, -0.2) is 32.8 Å². The zero-order valence-electron chi connectivity index (χ0n) is 10.8. The Hall–Kier alpha value is -1.43. The first kappa shape index (κ1) is 13.0. The highest BCUT2D eigenvalue weighted by Crippen LogP contribution is 2.31. The monoisotopic (exact) mass is 251 g/mol. The molecule has 2 atom stereocenters. The van der Waals surface area contributed by atoms with Crippen LogP contribution in [0.25, 0.3) is 0 Å². The van der Waals surface area contributed by atoms with Crippen LogP contribution in [0.1, 0.15) is 32.6 Å². The van der Waals surface area contributed by atoms with Crippen molar-refractivity contribution in [3.05, 3.63) is 12.7 Å². The molecule has 2 rings (SSSR count). The Bertz CT molecular complexity index is 387. The van der Waals surface area contributed by atoms with Crippen molar-refractivity contribution in [1.82, 2.24) is 20.1 Å². The van der Waals surface area contributed by atoms with E-state index in [4.69, 9.17) is 5.73 Å². The summed E-state index contributed by atoms with van der Waals surface area (Å²) in [5, 5.41) is 6.92. The van der Waals surface area contributed by atoms with Gasteiger partial charge >= 0.3 is 0 Å². The average Bonchev–Trinajstić information content (AvgIpc) is 2.81. The normalized spacial score (nSPS) is 28.0. The number of nitrogens with two attached hydrogens (primary N) is 1. The molecule has 1 aromatic heterocycles. The zero-order valence-corrected chi connectivity index (χ0v) is 10.8. The predicted octanol–water partition coefficient (Wildman–Crippen LogP) is 0.302. The SMILES string of the molecule is CC1(N)CCCCC1C(=O)NCCn1cncn1. The number of carbonyl (C=O) groups is 1. The Labute approximate surface area is 107 Å². The van der Waals surface area contributed by atoms with Crippen molar-refractivity contribution in [3.8, 4) is 0 Å². The second-order valence-electron chi connectivity index (χ2n) is 5.25. The molecule has 1 aliphatic rings. The Morgan fingerprint density at radius 2 is 2.44 bits per heavy atom. The van der Waals surface area contributed by atoms with Crippen molar-refractivity contribution < 1.29 is 4.79 Å². The molecule has 0 spiro atoms. The van der Waals surface area contributed by atoms with E-state index in [0.29, 0.717) is 13.1 Å². The van der Waals surface area contributed by atoms with Crippen LogP contribution in [0.4, 0.5) is 0 Å². The van der Waals surface area contributed by atoms with Gasteiger partial charge < -0.3 is 11.1 Å². The molecule has 1 aliphatic carbocycles. The van der Waals surface area contributed by atoms with E-state index >= 15 is 0 Å². The smallest absolute Gasteiger partial charge is 0.225 e. The van der Waals surface area contributed by atoms with E-state index in [0.717, 1.165) is 25.7 Å². The lowest BCUT2D eigenvalue weighted by Crippen LogP contribution is -2.53. The molecule has 1 fully saturated rings. The summed E-state index contributed by atoms with van der Waals surface area (Å²) in [6.45, 7) is 3.18. The lowest BCUT2D eigenvalue weighted by Gasteiger charge is -2.37. The number of carbonyl (C=O) groups excluding carboxylic acids is 1. The van der Waals surface area contributed by atoms with Gasteiger partial charge in [-0.2, -0.15) is 5.10 Å². The third-order valence-electron chi connectivity index (χ3n) is 3.68. The molecule has 1 aromatic rings. The molecular formula is C12H21N5O. The summed E-state index contributed by atoms with van der Waals surface area (Å²) in [5.41, 5.74) is 5.84. The van der Waals surface area contributed by atoms with Gasteiger partial charge in [0.2, 0.25) is 5.91 Å². The number of nitrogens with one attached hydrogen (secondary N) is 1. The lowest BCUT2D eigenvalue weighted by atomic mass is 9.74. The van der Waals surface area contributed by atoms with E-state index < -0.39 is 0 Å². The first-order valence-corrected chi connectivity index (χ1v) is 6.48. The van der Waals surface area contributed by atoms with E-state index in [2.05, 4.69) is 15.4 Å². The molecule has 0 aromatic carbocycles. The number of rotatable bonds is 4. The van der Waals surface area contributed by atoms with Crippen LogP contribution in [-0.2, 0) is 11.3 Å². The highest BCUT2D eigenvalue weighted by atomic mass is 16.1. The summed E-state index contributed by atoms with van der Waals surface area (Å²) in [5.74, 6) is 0.00168. The molecule has 1 saturated carbocycles. The Kier molecular flexibility index (Phi) is 3.96. The van der Waals surface area contributed by atoms with Gasteiger partial charge in [-0.05, 0) is 19.8 Å². The number of aromatic nitrogens is 3. The van der Waals surface area contributed by atoms with Crippen molar-refractivity contribution in [2.24, 2.45) is 11.7 Å². The van der Waals surface area contributed by atoms with Gasteiger partial charge in [0.25, 0.3) is 0 Å². The fourth-order valence-corrected chi connectivity index (χ4v) is 2.55. The summed E-state index contributed by atoms with van der Waals surface area (Å²) in [6.07, 6.45) is 7.15. The van der Waals surface area contributed by atoms with Gasteiger partial charge in [0.05, 0.1) is 12.5 Å². The summed E-state index contributed by atoms with van der Waals surface area (Å²) < 4.78 is 1.70. The highest BCUT2D eigenvalue weighted by Gasteiger charge is 2.37. The summed E-state index contributed by atoms with van der Waals surface area (Å²) in [7, 11) is 0. The first-order valence-electron chi connectivity index (χ1n) is 6.48. The fourth-order valence-electron chi connectivity index (χ4n) is 2.55. The van der Waals surface area contributed by atoms with Crippen molar-refractivity contribution in [2.45, 2.75) is 44.7 Å². The third-order valence-corrected chi connectivity index (χ3v) is 3.68. The minimum Gasteiger partial charge on any atom is -0.354 e. The molecule has 1 heterocycles. The minimum absolute atomic E-state index is 0.0676. The second kappa shape index (κ2) is 5.48. The Morgan fingerprint density at radius 1 is 1.61 bits per heavy atom. The number of nitrogens with zero attached hydrogens (tertiary/aromatic N) is 3. The van der Waals surface area contributed by atoms with E-state index in [9.17, 15) is 4.79 Å². The van der Waals surface area contributed by atoms with Crippen LogP contribution < -0.4 is 11.1 Å². The molecule has 6 heteroatoms. The van der Waals surface area contributed by atoms with Gasteiger partial charge in [0.15, 0.2) is 0 Å². The van der Waals surface area contributed by atoms with E-state index in [1.807, 2.05) is 6.92 Å². The fraction of sp³-hybridized carbons (Fsp3) is 0.750. The third kappa shape index (κ3) is 3.07. The van der Waals surface area contributed by atoms with E-state index in [1.54, 1.807) is 11.0 Å².